The first-order valence-electron chi connectivity index (χ1n) is 23.9. The molecule has 0 spiro atoms. The number of hydrogen-bond donors (Lipinski definition) is 0. The monoisotopic (exact) mass is 809 g/mol. The van der Waals surface area contributed by atoms with Crippen LogP contribution in [0.1, 0.15) is 220 Å². The Balaban J connectivity index is 4.47. The van der Waals surface area contributed by atoms with Crippen LogP contribution in [0.5, 0.6) is 0 Å². The zero-order chi connectivity index (χ0) is 42.3. The van der Waals surface area contributed by atoms with Crippen molar-refractivity contribution in [1.82, 2.24) is 0 Å². The van der Waals surface area contributed by atoms with Gasteiger partial charge >= 0.3 is 17.9 Å². The van der Waals surface area contributed by atoms with E-state index >= 15 is 0 Å². The van der Waals surface area contributed by atoms with Gasteiger partial charge in [-0.15, -0.1) is 0 Å². The van der Waals surface area contributed by atoms with Crippen molar-refractivity contribution in [3.63, 3.8) is 0 Å². The number of rotatable bonds is 42. The van der Waals surface area contributed by atoms with Crippen molar-refractivity contribution < 1.29 is 28.6 Å². The van der Waals surface area contributed by atoms with E-state index in [1.165, 1.54) is 89.9 Å². The molecule has 0 amide bonds. The van der Waals surface area contributed by atoms with Crippen LogP contribution in [0.4, 0.5) is 0 Å². The lowest BCUT2D eigenvalue weighted by atomic mass is 10.1. The van der Waals surface area contributed by atoms with E-state index in [1.54, 1.807) is 0 Å². The van der Waals surface area contributed by atoms with Crippen molar-refractivity contribution >= 4 is 17.9 Å². The van der Waals surface area contributed by atoms with Crippen molar-refractivity contribution in [3.8, 4) is 0 Å². The smallest absolute Gasteiger partial charge is 0.306 e. The van der Waals surface area contributed by atoms with E-state index in [4.69, 9.17) is 14.2 Å². The lowest BCUT2D eigenvalue weighted by Gasteiger charge is -2.18. The molecule has 0 aromatic rings. The molecule has 0 saturated carbocycles. The molecule has 0 aliphatic carbocycles. The molecule has 0 aliphatic rings. The molecule has 0 aliphatic heterocycles. The number of carbonyl (C=O) groups is 3. The summed E-state index contributed by atoms with van der Waals surface area (Å²) < 4.78 is 16.6. The Labute approximate surface area is 357 Å². The van der Waals surface area contributed by atoms with Crippen molar-refractivity contribution in [1.29, 1.82) is 0 Å². The van der Waals surface area contributed by atoms with E-state index in [-0.39, 0.29) is 37.5 Å². The molecule has 0 rings (SSSR count). The SMILES string of the molecule is CC/C=C\C/C=C\CCCCC(=O)OCC(COC(=O)CCC/C=C\C/C=C\C/C=C\CCCCCCCC)OC(=O)CCCCC/C=C\CCCCCCCCC. The molecule has 0 aromatic heterocycles. The summed E-state index contributed by atoms with van der Waals surface area (Å²) in [4.78, 5) is 37.7. The number of allylic oxidation sites excluding steroid dienone is 12. The van der Waals surface area contributed by atoms with E-state index < -0.39 is 6.10 Å². The Morgan fingerprint density at radius 3 is 1.17 bits per heavy atom. The van der Waals surface area contributed by atoms with Gasteiger partial charge in [-0.05, 0) is 103 Å². The Morgan fingerprint density at radius 2 is 0.690 bits per heavy atom. The van der Waals surface area contributed by atoms with Gasteiger partial charge in [0.25, 0.3) is 0 Å². The fourth-order valence-corrected chi connectivity index (χ4v) is 6.31. The summed E-state index contributed by atoms with van der Waals surface area (Å²) in [6.45, 7) is 6.40. The predicted molar refractivity (Wildman–Crippen MR) is 247 cm³/mol. The minimum atomic E-state index is -0.814. The van der Waals surface area contributed by atoms with Gasteiger partial charge in [-0.25, -0.2) is 0 Å². The van der Waals surface area contributed by atoms with E-state index in [0.29, 0.717) is 19.3 Å². The maximum Gasteiger partial charge on any atom is 0.306 e. The Hall–Kier alpha value is -3.15. The molecule has 58 heavy (non-hydrogen) atoms. The van der Waals surface area contributed by atoms with Crippen LogP contribution in [0.15, 0.2) is 72.9 Å². The quantitative estimate of drug-likeness (QED) is 0.0264. The molecule has 0 aromatic carbocycles. The van der Waals surface area contributed by atoms with Crippen LogP contribution in [-0.4, -0.2) is 37.2 Å². The summed E-state index contributed by atoms with van der Waals surface area (Å²) >= 11 is 0. The molecule has 1 atom stereocenters. The lowest BCUT2D eigenvalue weighted by Crippen LogP contribution is -2.30. The fraction of sp³-hybridized carbons (Fsp3) is 0.712. The van der Waals surface area contributed by atoms with Gasteiger partial charge in [0.1, 0.15) is 13.2 Å². The zero-order valence-electron chi connectivity index (χ0n) is 37.8. The van der Waals surface area contributed by atoms with Gasteiger partial charge in [-0.1, -0.05) is 171 Å². The van der Waals surface area contributed by atoms with Crippen LogP contribution in [0.3, 0.4) is 0 Å². The van der Waals surface area contributed by atoms with Crippen LogP contribution in [0.25, 0.3) is 0 Å². The van der Waals surface area contributed by atoms with Gasteiger partial charge in [-0.3, -0.25) is 14.4 Å². The first-order chi connectivity index (χ1) is 28.5. The third kappa shape index (κ3) is 44.0. The van der Waals surface area contributed by atoms with Crippen molar-refractivity contribution in [2.24, 2.45) is 0 Å². The molecule has 332 valence electrons. The minimum absolute atomic E-state index is 0.115. The van der Waals surface area contributed by atoms with Gasteiger partial charge in [0.15, 0.2) is 6.10 Å². The number of esters is 3. The number of ether oxygens (including phenoxy) is 3. The second kappa shape index (κ2) is 46.5. The second-order valence-corrected chi connectivity index (χ2v) is 15.6. The van der Waals surface area contributed by atoms with E-state index in [1.807, 2.05) is 0 Å². The number of carbonyl (C=O) groups excluding carboxylic acids is 3. The Bertz CT molecular complexity index is 1110. The van der Waals surface area contributed by atoms with Crippen LogP contribution in [0, 0.1) is 0 Å². The van der Waals surface area contributed by atoms with Crippen LogP contribution in [0.2, 0.25) is 0 Å². The average molecular weight is 809 g/mol. The summed E-state index contributed by atoms with van der Waals surface area (Å²) in [5.74, 6) is -1.02. The van der Waals surface area contributed by atoms with Gasteiger partial charge in [0.2, 0.25) is 0 Å². The van der Waals surface area contributed by atoms with Gasteiger partial charge in [0, 0.05) is 19.3 Å². The first kappa shape index (κ1) is 54.9. The molecule has 0 radical (unpaired) electrons. The standard InChI is InChI=1S/C52H88O6/c1-4-7-10-13-16-19-21-23-25-26-27-29-30-33-36-39-42-45-51(54)57-48-49(47-56-50(53)44-41-38-35-32-18-15-12-9-6-3)58-52(55)46-43-40-37-34-31-28-24-22-20-17-14-11-8-5-2/h9,12,18,23,25,27-29,31-33,36,49H,4-8,10-11,13-17,19-22,24,26,30,34-35,37-48H2,1-3H3/b12-9-,25-23-,29-27-,31-28-,32-18-,36-33-. The normalized spacial score (nSPS) is 12.7. The van der Waals surface area contributed by atoms with Crippen LogP contribution < -0.4 is 0 Å². The molecule has 0 saturated heterocycles. The van der Waals surface area contributed by atoms with Crippen LogP contribution in [-0.2, 0) is 28.6 Å². The maximum absolute atomic E-state index is 12.7. The summed E-state index contributed by atoms with van der Waals surface area (Å²) in [5, 5.41) is 0. The van der Waals surface area contributed by atoms with Gasteiger partial charge in [0.05, 0.1) is 0 Å². The number of unbranched alkanes of at least 4 members (excludes halogenated alkanes) is 19. The summed E-state index contributed by atoms with van der Waals surface area (Å²) in [7, 11) is 0. The summed E-state index contributed by atoms with van der Waals surface area (Å²) in [6.07, 6.45) is 57.6. The van der Waals surface area contributed by atoms with Crippen molar-refractivity contribution in [2.75, 3.05) is 13.2 Å². The highest BCUT2D eigenvalue weighted by atomic mass is 16.6. The highest BCUT2D eigenvalue weighted by Crippen LogP contribution is 2.12. The van der Waals surface area contributed by atoms with E-state index in [0.717, 1.165) is 83.5 Å². The average Bonchev–Trinajstić information content (AvgIpc) is 3.22. The largest absolute Gasteiger partial charge is 0.462 e. The van der Waals surface area contributed by atoms with Crippen LogP contribution >= 0.6 is 0 Å². The molecule has 6 heteroatoms. The third-order valence-corrected chi connectivity index (χ3v) is 9.91. The lowest BCUT2D eigenvalue weighted by molar-refractivity contribution is -0.167. The van der Waals surface area contributed by atoms with Crippen molar-refractivity contribution in [3.05, 3.63) is 72.9 Å². The maximum atomic E-state index is 12.7. The van der Waals surface area contributed by atoms with Gasteiger partial charge in [-0.2, -0.15) is 0 Å². The third-order valence-electron chi connectivity index (χ3n) is 9.91. The summed E-state index contributed by atoms with van der Waals surface area (Å²) in [6, 6.07) is 0. The first-order valence-corrected chi connectivity index (χ1v) is 23.9. The predicted octanol–water partition coefficient (Wildman–Crippen LogP) is 15.5. The number of hydrogen-bond acceptors (Lipinski definition) is 6. The fourth-order valence-electron chi connectivity index (χ4n) is 6.31. The Kier molecular flexibility index (Phi) is 44.0. The van der Waals surface area contributed by atoms with Crippen molar-refractivity contribution in [2.45, 2.75) is 226 Å². The molecule has 0 bridgehead atoms. The minimum Gasteiger partial charge on any atom is -0.462 e. The zero-order valence-corrected chi connectivity index (χ0v) is 37.8. The molecule has 1 unspecified atom stereocenters. The topological polar surface area (TPSA) is 78.9 Å². The molecular formula is C52H88O6. The van der Waals surface area contributed by atoms with Gasteiger partial charge < -0.3 is 14.2 Å². The highest BCUT2D eigenvalue weighted by Gasteiger charge is 2.19. The van der Waals surface area contributed by atoms with E-state index in [9.17, 15) is 14.4 Å². The molecule has 0 fully saturated rings. The second-order valence-electron chi connectivity index (χ2n) is 15.6. The Morgan fingerprint density at radius 1 is 0.362 bits per heavy atom. The molecule has 0 N–H and O–H groups in total. The molecule has 0 heterocycles. The molecular weight excluding hydrogens is 721 g/mol. The van der Waals surface area contributed by atoms with E-state index in [2.05, 4.69) is 93.7 Å². The molecule has 6 nitrogen and oxygen atoms in total. The summed E-state index contributed by atoms with van der Waals surface area (Å²) in [5.41, 5.74) is 0. The highest BCUT2D eigenvalue weighted by molar-refractivity contribution is 5.71.